The highest BCUT2D eigenvalue weighted by Gasteiger charge is 2.21. The molecule has 0 spiro atoms. The van der Waals surface area contributed by atoms with Crippen LogP contribution in [0.4, 0.5) is 0 Å². The van der Waals surface area contributed by atoms with Gasteiger partial charge in [-0.2, -0.15) is 0 Å². The minimum Gasteiger partial charge on any atom is -0.505 e. The van der Waals surface area contributed by atoms with Crippen LogP contribution in [0.25, 0.3) is 10.8 Å². The standard InChI is InChI=1S/C28H24N2O7/c1-15-11-18(24(33)17-7-5-4-6-8-17)12-16(2)26(15)37-19-9-10-20-21(13-19)28(36-3)30-23(25(20)34)27(35)29-14-22(31)32/h4-13,34H,14H2,1-3H3,(H,29,35)(H,31,32). The molecule has 0 atom stereocenters. The van der Waals surface area contributed by atoms with Crippen molar-refractivity contribution in [2.24, 2.45) is 0 Å². The topological polar surface area (TPSA) is 135 Å². The van der Waals surface area contributed by atoms with Gasteiger partial charge in [0.05, 0.1) is 12.5 Å². The first-order chi connectivity index (χ1) is 17.7. The number of rotatable bonds is 8. The summed E-state index contributed by atoms with van der Waals surface area (Å²) < 4.78 is 11.5. The summed E-state index contributed by atoms with van der Waals surface area (Å²) in [4.78, 5) is 40.0. The van der Waals surface area contributed by atoms with Crippen LogP contribution >= 0.6 is 0 Å². The van der Waals surface area contributed by atoms with E-state index >= 15 is 0 Å². The summed E-state index contributed by atoms with van der Waals surface area (Å²) in [5.41, 5.74) is 2.32. The second-order valence-corrected chi connectivity index (χ2v) is 8.34. The summed E-state index contributed by atoms with van der Waals surface area (Å²) in [6, 6.07) is 17.3. The Morgan fingerprint density at radius 3 is 2.22 bits per heavy atom. The molecule has 0 aliphatic heterocycles. The minimum absolute atomic E-state index is 0.0518. The van der Waals surface area contributed by atoms with Crippen molar-refractivity contribution < 1.29 is 34.1 Å². The fraction of sp³-hybridized carbons (Fsp3) is 0.143. The maximum Gasteiger partial charge on any atom is 0.322 e. The highest BCUT2D eigenvalue weighted by Crippen LogP contribution is 2.38. The number of ether oxygens (including phenoxy) is 2. The number of fused-ring (bicyclic) bond motifs is 1. The Morgan fingerprint density at radius 2 is 1.59 bits per heavy atom. The molecule has 3 N–H and O–H groups in total. The molecule has 4 rings (SSSR count). The van der Waals surface area contributed by atoms with Crippen LogP contribution in [0.2, 0.25) is 0 Å². The van der Waals surface area contributed by atoms with Gasteiger partial charge in [0.15, 0.2) is 17.2 Å². The monoisotopic (exact) mass is 500 g/mol. The minimum atomic E-state index is -1.23. The van der Waals surface area contributed by atoms with E-state index in [0.29, 0.717) is 28.0 Å². The number of aliphatic carboxylic acids is 1. The third-order valence-electron chi connectivity index (χ3n) is 5.70. The number of aromatic hydroxyl groups is 1. The molecular formula is C28H24N2O7. The second-order valence-electron chi connectivity index (χ2n) is 8.34. The first kappa shape index (κ1) is 25.2. The fourth-order valence-corrected chi connectivity index (χ4v) is 3.98. The molecule has 0 aliphatic rings. The van der Waals surface area contributed by atoms with E-state index in [-0.39, 0.29) is 22.7 Å². The van der Waals surface area contributed by atoms with Gasteiger partial charge in [-0.15, -0.1) is 0 Å². The highest BCUT2D eigenvalue weighted by molar-refractivity contribution is 6.09. The van der Waals surface area contributed by atoms with Crippen molar-refractivity contribution >= 4 is 28.4 Å². The van der Waals surface area contributed by atoms with Gasteiger partial charge in [0.25, 0.3) is 5.91 Å². The van der Waals surface area contributed by atoms with Gasteiger partial charge in [0.2, 0.25) is 5.88 Å². The average Bonchev–Trinajstić information content (AvgIpc) is 2.89. The number of carboxylic acids is 1. The molecule has 4 aromatic rings. The molecule has 0 fully saturated rings. The molecule has 37 heavy (non-hydrogen) atoms. The Balaban J connectivity index is 1.67. The van der Waals surface area contributed by atoms with E-state index < -0.39 is 24.2 Å². The molecule has 1 heterocycles. The van der Waals surface area contributed by atoms with Crippen LogP contribution < -0.4 is 14.8 Å². The first-order valence-corrected chi connectivity index (χ1v) is 11.3. The molecule has 0 saturated heterocycles. The van der Waals surface area contributed by atoms with Crippen molar-refractivity contribution in [1.29, 1.82) is 0 Å². The van der Waals surface area contributed by atoms with E-state index in [1.165, 1.54) is 7.11 Å². The third kappa shape index (κ3) is 5.20. The van der Waals surface area contributed by atoms with Gasteiger partial charge in [-0.25, -0.2) is 4.98 Å². The van der Waals surface area contributed by atoms with Crippen molar-refractivity contribution in [1.82, 2.24) is 10.3 Å². The fourth-order valence-electron chi connectivity index (χ4n) is 3.98. The maximum atomic E-state index is 12.9. The van der Waals surface area contributed by atoms with Gasteiger partial charge >= 0.3 is 5.97 Å². The Labute approximate surface area is 212 Å². The number of carboxylic acid groups (broad SMARTS) is 1. The van der Waals surface area contributed by atoms with E-state index in [4.69, 9.17) is 14.6 Å². The summed E-state index contributed by atoms with van der Waals surface area (Å²) in [5, 5.41) is 22.3. The van der Waals surface area contributed by atoms with Gasteiger partial charge in [-0.1, -0.05) is 30.3 Å². The van der Waals surface area contributed by atoms with E-state index in [1.54, 1.807) is 42.5 Å². The third-order valence-corrected chi connectivity index (χ3v) is 5.70. The van der Waals surface area contributed by atoms with Crippen LogP contribution in [-0.2, 0) is 4.79 Å². The summed E-state index contributed by atoms with van der Waals surface area (Å²) in [5.74, 6) is -1.54. The first-order valence-electron chi connectivity index (χ1n) is 11.3. The highest BCUT2D eigenvalue weighted by atomic mass is 16.5. The van der Waals surface area contributed by atoms with Gasteiger partial charge in [0, 0.05) is 16.5 Å². The van der Waals surface area contributed by atoms with Crippen molar-refractivity contribution in [3.05, 3.63) is 88.6 Å². The average molecular weight is 501 g/mol. The Hall–Kier alpha value is -4.92. The number of hydrogen-bond acceptors (Lipinski definition) is 7. The number of aryl methyl sites for hydroxylation is 2. The zero-order valence-electron chi connectivity index (χ0n) is 20.4. The van der Waals surface area contributed by atoms with Crippen LogP contribution in [0.5, 0.6) is 23.1 Å². The van der Waals surface area contributed by atoms with E-state index in [1.807, 2.05) is 32.0 Å². The van der Waals surface area contributed by atoms with Gasteiger partial charge in [-0.3, -0.25) is 14.4 Å². The Kier molecular flexibility index (Phi) is 7.06. The smallest absolute Gasteiger partial charge is 0.322 e. The number of nitrogens with one attached hydrogen (secondary N) is 1. The van der Waals surface area contributed by atoms with Gasteiger partial charge < -0.3 is 25.0 Å². The lowest BCUT2D eigenvalue weighted by Crippen LogP contribution is -2.30. The number of hydrogen-bond donors (Lipinski definition) is 3. The van der Waals surface area contributed by atoms with Crippen molar-refractivity contribution in [2.45, 2.75) is 13.8 Å². The van der Waals surface area contributed by atoms with Crippen LogP contribution in [0, 0.1) is 13.8 Å². The predicted octanol–water partition coefficient (Wildman–Crippen LogP) is 4.40. The predicted molar refractivity (Wildman–Crippen MR) is 136 cm³/mol. The number of methoxy groups -OCH3 is 1. The largest absolute Gasteiger partial charge is 0.505 e. The van der Waals surface area contributed by atoms with Gasteiger partial charge in [0.1, 0.15) is 18.0 Å². The zero-order valence-corrected chi connectivity index (χ0v) is 20.4. The van der Waals surface area contributed by atoms with E-state index in [2.05, 4.69) is 10.3 Å². The van der Waals surface area contributed by atoms with Crippen LogP contribution in [0.3, 0.4) is 0 Å². The van der Waals surface area contributed by atoms with Crippen molar-refractivity contribution in [3.8, 4) is 23.1 Å². The molecule has 9 heteroatoms. The lowest BCUT2D eigenvalue weighted by atomic mass is 9.98. The molecule has 0 radical (unpaired) electrons. The van der Waals surface area contributed by atoms with Crippen LogP contribution in [0.15, 0.2) is 60.7 Å². The Morgan fingerprint density at radius 1 is 0.919 bits per heavy atom. The van der Waals surface area contributed by atoms with Crippen LogP contribution in [0.1, 0.15) is 37.5 Å². The van der Waals surface area contributed by atoms with Gasteiger partial charge in [-0.05, 0) is 55.3 Å². The molecule has 1 aromatic heterocycles. The van der Waals surface area contributed by atoms with E-state index in [0.717, 1.165) is 11.1 Å². The molecule has 0 bridgehead atoms. The molecule has 0 saturated carbocycles. The molecule has 0 aliphatic carbocycles. The number of carbonyl (C=O) groups is 3. The molecular weight excluding hydrogens is 476 g/mol. The summed E-state index contributed by atoms with van der Waals surface area (Å²) in [6.45, 7) is 3.07. The molecule has 3 aromatic carbocycles. The summed E-state index contributed by atoms with van der Waals surface area (Å²) in [7, 11) is 1.36. The number of benzene rings is 3. The number of pyridine rings is 1. The number of amides is 1. The van der Waals surface area contributed by atoms with Crippen molar-refractivity contribution in [2.75, 3.05) is 13.7 Å². The summed E-state index contributed by atoms with van der Waals surface area (Å²) in [6.07, 6.45) is 0. The Bertz CT molecular complexity index is 1510. The number of aromatic nitrogens is 1. The molecule has 9 nitrogen and oxygen atoms in total. The lowest BCUT2D eigenvalue weighted by Gasteiger charge is -2.15. The molecule has 188 valence electrons. The summed E-state index contributed by atoms with van der Waals surface area (Å²) >= 11 is 0. The van der Waals surface area contributed by atoms with E-state index in [9.17, 15) is 19.5 Å². The lowest BCUT2D eigenvalue weighted by molar-refractivity contribution is -0.135. The zero-order chi connectivity index (χ0) is 26.7. The number of nitrogens with zero attached hydrogens (tertiary/aromatic N) is 1. The van der Waals surface area contributed by atoms with Crippen molar-refractivity contribution in [3.63, 3.8) is 0 Å². The normalized spacial score (nSPS) is 10.7. The number of carbonyl (C=O) groups excluding carboxylic acids is 2. The number of ketones is 1. The maximum absolute atomic E-state index is 12.9. The molecule has 0 unspecified atom stereocenters. The van der Waals surface area contributed by atoms with Crippen LogP contribution in [-0.4, -0.2) is 46.5 Å². The SMILES string of the molecule is COc1nc(C(=O)NCC(=O)O)c(O)c2ccc(Oc3c(C)cc(C(=O)c4ccccc4)cc3C)cc12. The molecule has 1 amide bonds. The quantitative estimate of drug-likeness (QED) is 0.303. The second kappa shape index (κ2) is 10.4.